The summed E-state index contributed by atoms with van der Waals surface area (Å²) in [6.07, 6.45) is 5.42. The number of benzene rings is 1. The second-order valence-corrected chi connectivity index (χ2v) is 5.83. The predicted molar refractivity (Wildman–Crippen MR) is 90.0 cm³/mol. The maximum absolute atomic E-state index is 5.90. The first-order valence-electron chi connectivity index (χ1n) is 7.79. The van der Waals surface area contributed by atoms with Gasteiger partial charge in [-0.3, -0.25) is 0 Å². The summed E-state index contributed by atoms with van der Waals surface area (Å²) >= 11 is 0. The minimum absolute atomic E-state index is 0.519. The molecule has 0 aliphatic heterocycles. The van der Waals surface area contributed by atoms with Gasteiger partial charge in [0.2, 0.25) is 5.88 Å². The average molecular weight is 297 g/mol. The maximum atomic E-state index is 5.90. The molecule has 2 aromatic rings. The van der Waals surface area contributed by atoms with E-state index in [0.717, 1.165) is 18.7 Å². The van der Waals surface area contributed by atoms with E-state index in [1.54, 1.807) is 7.11 Å². The van der Waals surface area contributed by atoms with Crippen molar-refractivity contribution >= 4 is 11.4 Å². The molecule has 0 radical (unpaired) electrons. The molecule has 116 valence electrons. The second kappa shape index (κ2) is 6.36. The van der Waals surface area contributed by atoms with E-state index in [2.05, 4.69) is 35.1 Å². The van der Waals surface area contributed by atoms with Crippen molar-refractivity contribution < 1.29 is 4.74 Å². The van der Waals surface area contributed by atoms with Gasteiger partial charge < -0.3 is 15.4 Å². The molecular formula is C18H23N3O. The van der Waals surface area contributed by atoms with Crippen LogP contribution >= 0.6 is 0 Å². The lowest BCUT2D eigenvalue weighted by Crippen LogP contribution is -2.19. The van der Waals surface area contributed by atoms with Crippen molar-refractivity contribution in [2.75, 3.05) is 25.6 Å². The third-order valence-electron chi connectivity index (χ3n) is 4.55. The summed E-state index contributed by atoms with van der Waals surface area (Å²) in [7, 11) is 3.69. The van der Waals surface area contributed by atoms with E-state index in [4.69, 9.17) is 10.5 Å². The van der Waals surface area contributed by atoms with E-state index in [-0.39, 0.29) is 0 Å². The Bertz CT molecular complexity index is 639. The highest BCUT2D eigenvalue weighted by atomic mass is 16.5. The second-order valence-electron chi connectivity index (χ2n) is 5.83. The van der Waals surface area contributed by atoms with Gasteiger partial charge in [0.15, 0.2) is 0 Å². The normalized spacial score (nSPS) is 17.0. The minimum Gasteiger partial charge on any atom is -0.481 e. The summed E-state index contributed by atoms with van der Waals surface area (Å²) in [6.45, 7) is 0.741. The van der Waals surface area contributed by atoms with Crippen molar-refractivity contribution in [3.8, 4) is 5.88 Å². The molecule has 1 aliphatic carbocycles. The van der Waals surface area contributed by atoms with Gasteiger partial charge in [0, 0.05) is 18.8 Å². The molecule has 0 saturated heterocycles. The number of methoxy groups -OCH3 is 1. The minimum atomic E-state index is 0.519. The zero-order valence-corrected chi connectivity index (χ0v) is 13.2. The molecule has 0 unspecified atom stereocenters. The number of rotatable bonds is 4. The summed E-state index contributed by atoms with van der Waals surface area (Å²) in [6, 6.07) is 10.6. The van der Waals surface area contributed by atoms with Crippen molar-refractivity contribution in [3.63, 3.8) is 0 Å². The zero-order chi connectivity index (χ0) is 15.5. The summed E-state index contributed by atoms with van der Waals surface area (Å²) in [5.41, 5.74) is 11.0. The van der Waals surface area contributed by atoms with Crippen LogP contribution in [0.5, 0.6) is 5.88 Å². The van der Waals surface area contributed by atoms with Crippen LogP contribution in [0, 0.1) is 0 Å². The molecule has 22 heavy (non-hydrogen) atoms. The van der Waals surface area contributed by atoms with Gasteiger partial charge in [0.05, 0.1) is 19.0 Å². The highest BCUT2D eigenvalue weighted by Gasteiger charge is 2.19. The van der Waals surface area contributed by atoms with Gasteiger partial charge in [-0.1, -0.05) is 6.07 Å². The molecule has 0 fully saturated rings. The summed E-state index contributed by atoms with van der Waals surface area (Å²) < 4.78 is 5.11. The topological polar surface area (TPSA) is 51.4 Å². The van der Waals surface area contributed by atoms with Crippen LogP contribution < -0.4 is 15.4 Å². The summed E-state index contributed by atoms with van der Waals surface area (Å²) in [5, 5.41) is 0. The molecule has 1 aliphatic rings. The number of aryl methyl sites for hydroxylation is 1. The number of hydrogen-bond acceptors (Lipinski definition) is 4. The molecule has 0 spiro atoms. The molecule has 4 heteroatoms. The van der Waals surface area contributed by atoms with Crippen LogP contribution in [0.25, 0.3) is 0 Å². The molecule has 1 aromatic heterocycles. The van der Waals surface area contributed by atoms with Gasteiger partial charge >= 0.3 is 0 Å². The summed E-state index contributed by atoms with van der Waals surface area (Å²) in [4.78, 5) is 6.43. The van der Waals surface area contributed by atoms with Crippen molar-refractivity contribution in [1.29, 1.82) is 0 Å². The molecule has 2 N–H and O–H groups in total. The SMILES string of the molecule is COc1ccc(N(C)c2ccc3c(c2)CCC[C@H]3CN)cn1. The van der Waals surface area contributed by atoms with Gasteiger partial charge in [0.25, 0.3) is 0 Å². The van der Waals surface area contributed by atoms with E-state index in [9.17, 15) is 0 Å². The van der Waals surface area contributed by atoms with Crippen molar-refractivity contribution in [1.82, 2.24) is 4.98 Å². The standard InChI is InChI=1S/C18H23N3O/c1-21(16-7-9-18(22-2)20-12-16)15-6-8-17-13(10-15)4-3-5-14(17)11-19/h6-10,12,14H,3-5,11,19H2,1-2H3/t14-/m0/s1. The number of nitrogens with two attached hydrogens (primary N) is 1. The molecule has 0 bridgehead atoms. The lowest BCUT2D eigenvalue weighted by Gasteiger charge is -2.27. The smallest absolute Gasteiger partial charge is 0.213 e. The van der Waals surface area contributed by atoms with Crippen molar-refractivity contribution in [2.45, 2.75) is 25.2 Å². The van der Waals surface area contributed by atoms with Crippen LogP contribution in [0.15, 0.2) is 36.5 Å². The molecule has 1 heterocycles. The van der Waals surface area contributed by atoms with Crippen LogP contribution in [0.3, 0.4) is 0 Å². The fourth-order valence-electron chi connectivity index (χ4n) is 3.20. The Morgan fingerprint density at radius 2 is 2.09 bits per heavy atom. The molecule has 0 saturated carbocycles. The van der Waals surface area contributed by atoms with Gasteiger partial charge in [-0.15, -0.1) is 0 Å². The van der Waals surface area contributed by atoms with Gasteiger partial charge in [-0.25, -0.2) is 4.98 Å². The zero-order valence-electron chi connectivity index (χ0n) is 13.2. The Balaban J connectivity index is 1.88. The lowest BCUT2D eigenvalue weighted by molar-refractivity contribution is 0.398. The Morgan fingerprint density at radius 1 is 1.27 bits per heavy atom. The number of ether oxygens (including phenoxy) is 1. The highest BCUT2D eigenvalue weighted by Crippen LogP contribution is 2.34. The van der Waals surface area contributed by atoms with E-state index in [1.165, 1.54) is 29.7 Å². The fourth-order valence-corrected chi connectivity index (χ4v) is 3.20. The van der Waals surface area contributed by atoms with Crippen LogP contribution in [-0.2, 0) is 6.42 Å². The summed E-state index contributed by atoms with van der Waals surface area (Å²) in [5.74, 6) is 1.15. The number of fused-ring (bicyclic) bond motifs is 1. The van der Waals surface area contributed by atoms with Crippen LogP contribution in [0.2, 0.25) is 0 Å². The number of aromatic nitrogens is 1. The lowest BCUT2D eigenvalue weighted by atomic mass is 9.82. The van der Waals surface area contributed by atoms with E-state index >= 15 is 0 Å². The quantitative estimate of drug-likeness (QED) is 0.941. The van der Waals surface area contributed by atoms with Crippen LogP contribution in [0.4, 0.5) is 11.4 Å². The maximum Gasteiger partial charge on any atom is 0.213 e. The van der Waals surface area contributed by atoms with E-state index in [1.807, 2.05) is 18.3 Å². The molecule has 0 amide bonds. The number of nitrogens with zero attached hydrogens (tertiary/aromatic N) is 2. The monoisotopic (exact) mass is 297 g/mol. The fraction of sp³-hybridized carbons (Fsp3) is 0.389. The Morgan fingerprint density at radius 3 is 2.77 bits per heavy atom. The molecule has 4 nitrogen and oxygen atoms in total. The molecule has 1 aromatic carbocycles. The van der Waals surface area contributed by atoms with Gasteiger partial charge in [-0.2, -0.15) is 0 Å². The first-order valence-corrected chi connectivity index (χ1v) is 7.79. The Labute approximate surface area is 131 Å². The number of anilines is 2. The number of hydrogen-bond donors (Lipinski definition) is 1. The van der Waals surface area contributed by atoms with Gasteiger partial charge in [-0.05, 0) is 61.1 Å². The van der Waals surface area contributed by atoms with Crippen molar-refractivity contribution in [3.05, 3.63) is 47.7 Å². The largest absolute Gasteiger partial charge is 0.481 e. The first-order chi connectivity index (χ1) is 10.7. The highest BCUT2D eigenvalue weighted by molar-refractivity contribution is 5.63. The predicted octanol–water partition coefficient (Wildman–Crippen LogP) is 3.24. The Kier molecular flexibility index (Phi) is 4.29. The van der Waals surface area contributed by atoms with Gasteiger partial charge in [0.1, 0.15) is 0 Å². The molecular weight excluding hydrogens is 274 g/mol. The Hall–Kier alpha value is -2.07. The molecule has 3 rings (SSSR count). The van der Waals surface area contributed by atoms with E-state index in [0.29, 0.717) is 11.8 Å². The number of pyridine rings is 1. The van der Waals surface area contributed by atoms with Crippen LogP contribution in [0.1, 0.15) is 29.9 Å². The third-order valence-corrected chi connectivity index (χ3v) is 4.55. The van der Waals surface area contributed by atoms with Crippen molar-refractivity contribution in [2.24, 2.45) is 5.73 Å². The van der Waals surface area contributed by atoms with Crippen LogP contribution in [-0.4, -0.2) is 25.7 Å². The van der Waals surface area contributed by atoms with E-state index < -0.39 is 0 Å². The third kappa shape index (κ3) is 2.79. The average Bonchev–Trinajstić information content (AvgIpc) is 2.60. The first kappa shape index (κ1) is 14.9. The molecule has 1 atom stereocenters.